The minimum absolute atomic E-state index is 0.203. The van der Waals surface area contributed by atoms with Gasteiger partial charge in [0.25, 0.3) is 10.0 Å². The molecule has 0 amide bonds. The first-order chi connectivity index (χ1) is 8.08. The maximum Gasteiger partial charge on any atom is 0.262 e. The molecule has 1 N–H and O–H groups in total. The number of hydrogen-bond donors (Lipinski definition) is 1. The number of anilines is 1. The zero-order valence-electron chi connectivity index (χ0n) is 9.29. The van der Waals surface area contributed by atoms with Gasteiger partial charge in [0, 0.05) is 18.1 Å². The highest BCUT2D eigenvalue weighted by atomic mass is 32.2. The number of benzene rings is 1. The lowest BCUT2D eigenvalue weighted by molar-refractivity contribution is 0.601. The molecule has 0 aliphatic heterocycles. The number of aromatic nitrogens is 1. The number of pyridine rings is 1. The largest absolute Gasteiger partial charge is 0.280 e. The minimum Gasteiger partial charge on any atom is -0.280 e. The van der Waals surface area contributed by atoms with Gasteiger partial charge in [-0.2, -0.15) is 0 Å². The Balaban J connectivity index is 2.30. The van der Waals surface area contributed by atoms with Crippen LogP contribution in [0.1, 0.15) is 5.56 Å². The standard InChI is InChI=1S/C12H12N2O2S/c1-10-3-2-4-11(9-10)14-17(15,16)12-5-7-13-8-6-12/h2-9,14H,1H3. The molecule has 0 spiro atoms. The molecule has 0 saturated heterocycles. The van der Waals surface area contributed by atoms with Crippen molar-refractivity contribution in [3.8, 4) is 0 Å². The molecule has 0 saturated carbocycles. The molecule has 0 atom stereocenters. The van der Waals surface area contributed by atoms with Gasteiger partial charge in [0.15, 0.2) is 0 Å². The second-order valence-corrected chi connectivity index (χ2v) is 5.34. The van der Waals surface area contributed by atoms with Crippen molar-refractivity contribution in [3.05, 3.63) is 54.4 Å². The van der Waals surface area contributed by atoms with Crippen LogP contribution in [0.2, 0.25) is 0 Å². The molecule has 1 aromatic carbocycles. The highest BCUT2D eigenvalue weighted by molar-refractivity contribution is 7.92. The van der Waals surface area contributed by atoms with E-state index in [4.69, 9.17) is 0 Å². The molecule has 88 valence electrons. The summed E-state index contributed by atoms with van der Waals surface area (Å²) >= 11 is 0. The SMILES string of the molecule is Cc1cccc(NS(=O)(=O)c2ccncc2)c1. The molecule has 17 heavy (non-hydrogen) atoms. The lowest BCUT2D eigenvalue weighted by Gasteiger charge is -2.08. The van der Waals surface area contributed by atoms with Gasteiger partial charge in [-0.1, -0.05) is 12.1 Å². The minimum atomic E-state index is -3.52. The Kier molecular flexibility index (Phi) is 3.10. The maximum atomic E-state index is 12.0. The average Bonchev–Trinajstić information content (AvgIpc) is 2.29. The molecule has 0 fully saturated rings. The van der Waals surface area contributed by atoms with Crippen LogP contribution in [0.4, 0.5) is 5.69 Å². The Morgan fingerprint density at radius 2 is 1.82 bits per heavy atom. The predicted molar refractivity (Wildman–Crippen MR) is 66.2 cm³/mol. The molecule has 2 rings (SSSR count). The van der Waals surface area contributed by atoms with E-state index < -0.39 is 10.0 Å². The fourth-order valence-electron chi connectivity index (χ4n) is 1.44. The Hall–Kier alpha value is -1.88. The number of nitrogens with zero attached hydrogens (tertiary/aromatic N) is 1. The molecule has 1 aromatic heterocycles. The molecule has 0 bridgehead atoms. The molecule has 2 aromatic rings. The number of hydrogen-bond acceptors (Lipinski definition) is 3. The van der Waals surface area contributed by atoms with E-state index in [1.165, 1.54) is 24.5 Å². The number of nitrogens with one attached hydrogen (secondary N) is 1. The van der Waals surface area contributed by atoms with Crippen molar-refractivity contribution >= 4 is 15.7 Å². The van der Waals surface area contributed by atoms with E-state index in [0.29, 0.717) is 5.69 Å². The van der Waals surface area contributed by atoms with Crippen LogP contribution in [0.5, 0.6) is 0 Å². The second kappa shape index (κ2) is 4.55. The highest BCUT2D eigenvalue weighted by Crippen LogP contribution is 2.15. The van der Waals surface area contributed by atoms with Crippen molar-refractivity contribution in [2.24, 2.45) is 0 Å². The van der Waals surface area contributed by atoms with Gasteiger partial charge in [-0.25, -0.2) is 8.42 Å². The van der Waals surface area contributed by atoms with Crippen LogP contribution in [0.25, 0.3) is 0 Å². The van der Waals surface area contributed by atoms with Crippen molar-refractivity contribution in [3.63, 3.8) is 0 Å². The Morgan fingerprint density at radius 1 is 1.12 bits per heavy atom. The zero-order chi connectivity index (χ0) is 12.3. The van der Waals surface area contributed by atoms with Crippen LogP contribution in [0.3, 0.4) is 0 Å². The van der Waals surface area contributed by atoms with E-state index in [-0.39, 0.29) is 4.90 Å². The molecular formula is C12H12N2O2S. The van der Waals surface area contributed by atoms with Crippen LogP contribution in [0.15, 0.2) is 53.7 Å². The quantitative estimate of drug-likeness (QED) is 0.905. The molecule has 0 aliphatic rings. The lowest BCUT2D eigenvalue weighted by atomic mass is 10.2. The van der Waals surface area contributed by atoms with Gasteiger partial charge < -0.3 is 0 Å². The molecule has 0 aliphatic carbocycles. The summed E-state index contributed by atoms with van der Waals surface area (Å²) in [5.41, 5.74) is 1.56. The second-order valence-electron chi connectivity index (χ2n) is 3.66. The van der Waals surface area contributed by atoms with E-state index in [1.807, 2.05) is 13.0 Å². The maximum absolute atomic E-state index is 12.0. The zero-order valence-corrected chi connectivity index (χ0v) is 10.1. The first-order valence-electron chi connectivity index (χ1n) is 5.07. The summed E-state index contributed by atoms with van der Waals surface area (Å²) in [4.78, 5) is 3.99. The predicted octanol–water partition coefficient (Wildman–Crippen LogP) is 2.19. The van der Waals surface area contributed by atoms with Crippen LogP contribution >= 0.6 is 0 Å². The van der Waals surface area contributed by atoms with Crippen molar-refractivity contribution in [1.82, 2.24) is 4.98 Å². The van der Waals surface area contributed by atoms with Gasteiger partial charge in [-0.05, 0) is 36.8 Å². The number of sulfonamides is 1. The van der Waals surface area contributed by atoms with Crippen LogP contribution in [0, 0.1) is 6.92 Å². The first kappa shape index (κ1) is 11.6. The smallest absolute Gasteiger partial charge is 0.262 e. The summed E-state index contributed by atoms with van der Waals surface area (Å²) in [7, 11) is -3.52. The topological polar surface area (TPSA) is 59.1 Å². The van der Waals surface area contributed by atoms with E-state index in [1.54, 1.807) is 18.2 Å². The fourth-order valence-corrected chi connectivity index (χ4v) is 2.48. The third-order valence-corrected chi connectivity index (χ3v) is 3.63. The lowest BCUT2D eigenvalue weighted by Crippen LogP contribution is -2.12. The van der Waals surface area contributed by atoms with Crippen molar-refractivity contribution < 1.29 is 8.42 Å². The summed E-state index contributed by atoms with van der Waals surface area (Å²) < 4.78 is 26.5. The summed E-state index contributed by atoms with van der Waals surface area (Å²) in [5, 5.41) is 0. The van der Waals surface area contributed by atoms with Gasteiger partial charge in [0.1, 0.15) is 0 Å². The average molecular weight is 248 g/mol. The Bertz CT molecular complexity index is 609. The van der Waals surface area contributed by atoms with Crippen molar-refractivity contribution in [2.45, 2.75) is 11.8 Å². The number of aryl methyl sites for hydroxylation is 1. The van der Waals surface area contributed by atoms with Crippen LogP contribution in [-0.4, -0.2) is 13.4 Å². The van der Waals surface area contributed by atoms with Gasteiger partial charge >= 0.3 is 0 Å². The normalized spacial score (nSPS) is 11.1. The molecular weight excluding hydrogens is 236 g/mol. The molecule has 5 heteroatoms. The molecule has 0 radical (unpaired) electrons. The molecule has 0 unspecified atom stereocenters. The van der Waals surface area contributed by atoms with E-state index in [2.05, 4.69) is 9.71 Å². The van der Waals surface area contributed by atoms with Crippen molar-refractivity contribution in [2.75, 3.05) is 4.72 Å². The van der Waals surface area contributed by atoms with E-state index in [0.717, 1.165) is 5.56 Å². The van der Waals surface area contributed by atoms with Crippen molar-refractivity contribution in [1.29, 1.82) is 0 Å². The fraction of sp³-hybridized carbons (Fsp3) is 0.0833. The summed E-state index contributed by atoms with van der Waals surface area (Å²) in [6.45, 7) is 1.91. The van der Waals surface area contributed by atoms with Gasteiger partial charge in [-0.3, -0.25) is 9.71 Å². The third kappa shape index (κ3) is 2.82. The van der Waals surface area contributed by atoms with Gasteiger partial charge in [0.05, 0.1) is 4.90 Å². The third-order valence-electron chi connectivity index (χ3n) is 2.23. The molecule has 1 heterocycles. The highest BCUT2D eigenvalue weighted by Gasteiger charge is 2.13. The van der Waals surface area contributed by atoms with Crippen LogP contribution < -0.4 is 4.72 Å². The molecule has 4 nitrogen and oxygen atoms in total. The monoisotopic (exact) mass is 248 g/mol. The Morgan fingerprint density at radius 3 is 2.47 bits per heavy atom. The first-order valence-corrected chi connectivity index (χ1v) is 6.56. The van der Waals surface area contributed by atoms with E-state index in [9.17, 15) is 8.42 Å². The van der Waals surface area contributed by atoms with Crippen LogP contribution in [-0.2, 0) is 10.0 Å². The Labute approximate surface area is 100 Å². The summed E-state index contributed by atoms with van der Waals surface area (Å²) in [5.74, 6) is 0. The van der Waals surface area contributed by atoms with Gasteiger partial charge in [-0.15, -0.1) is 0 Å². The van der Waals surface area contributed by atoms with Gasteiger partial charge in [0.2, 0.25) is 0 Å². The number of rotatable bonds is 3. The summed E-state index contributed by atoms with van der Waals surface area (Å²) in [6, 6.07) is 10.1. The summed E-state index contributed by atoms with van der Waals surface area (Å²) in [6.07, 6.45) is 2.90. The van der Waals surface area contributed by atoms with E-state index >= 15 is 0 Å².